The van der Waals surface area contributed by atoms with Gasteiger partial charge in [0.25, 0.3) is 0 Å². The topological polar surface area (TPSA) is 107 Å². The summed E-state index contributed by atoms with van der Waals surface area (Å²) in [7, 11) is 0. The first-order valence-corrected chi connectivity index (χ1v) is 11.2. The first-order valence-electron chi connectivity index (χ1n) is 11.2. The summed E-state index contributed by atoms with van der Waals surface area (Å²) in [4.78, 5) is 34.7. The molecule has 9 heteroatoms. The van der Waals surface area contributed by atoms with Crippen molar-refractivity contribution in [2.75, 3.05) is 39.6 Å². The van der Waals surface area contributed by atoms with E-state index >= 15 is 0 Å². The summed E-state index contributed by atoms with van der Waals surface area (Å²) in [5, 5.41) is 0. The Balaban J connectivity index is 2.10. The molecule has 2 aromatic rings. The van der Waals surface area contributed by atoms with Crippen LogP contribution in [-0.2, 0) is 28.6 Å². The Kier molecular flexibility index (Phi) is 11.7. The second-order valence-electron chi connectivity index (χ2n) is 6.92. The van der Waals surface area contributed by atoms with E-state index in [4.69, 9.17) is 28.4 Å². The van der Waals surface area contributed by atoms with Gasteiger partial charge in [0.2, 0.25) is 0 Å². The number of hydrogen-bond acceptors (Lipinski definition) is 9. The summed E-state index contributed by atoms with van der Waals surface area (Å²) in [5.41, 5.74) is 1.59. The number of rotatable bonds is 14. The van der Waals surface area contributed by atoms with Crippen molar-refractivity contribution in [1.29, 1.82) is 0 Å². The minimum atomic E-state index is -0.493. The SMILES string of the molecule is CCOC(=O)COc1ccc(/C=C/c2cc(OCC(=O)OCC)cc(OCC(=O)OCC)c2)cc1. The molecule has 0 aliphatic rings. The first-order chi connectivity index (χ1) is 16.9. The van der Waals surface area contributed by atoms with E-state index in [0.29, 0.717) is 29.4 Å². The van der Waals surface area contributed by atoms with Crippen LogP contribution in [0.1, 0.15) is 31.9 Å². The second-order valence-corrected chi connectivity index (χ2v) is 6.92. The Labute approximate surface area is 204 Å². The average Bonchev–Trinajstić information content (AvgIpc) is 2.85. The fourth-order valence-corrected chi connectivity index (χ4v) is 2.76. The van der Waals surface area contributed by atoms with Crippen LogP contribution in [0.3, 0.4) is 0 Å². The van der Waals surface area contributed by atoms with Crippen LogP contribution in [-0.4, -0.2) is 57.5 Å². The predicted molar refractivity (Wildman–Crippen MR) is 128 cm³/mol. The predicted octanol–water partition coefficient (Wildman–Crippen LogP) is 3.68. The minimum Gasteiger partial charge on any atom is -0.482 e. The summed E-state index contributed by atoms with van der Waals surface area (Å²) in [5.74, 6) is -0.120. The fourth-order valence-electron chi connectivity index (χ4n) is 2.76. The lowest BCUT2D eigenvalue weighted by Crippen LogP contribution is -2.15. The minimum absolute atomic E-state index is 0.157. The Morgan fingerprint density at radius 2 is 0.971 bits per heavy atom. The van der Waals surface area contributed by atoms with Crippen LogP contribution >= 0.6 is 0 Å². The van der Waals surface area contributed by atoms with Gasteiger partial charge in [-0.15, -0.1) is 0 Å². The largest absolute Gasteiger partial charge is 0.482 e. The van der Waals surface area contributed by atoms with Gasteiger partial charge in [-0.2, -0.15) is 0 Å². The molecule has 0 fully saturated rings. The van der Waals surface area contributed by atoms with E-state index in [9.17, 15) is 14.4 Å². The van der Waals surface area contributed by atoms with Crippen molar-refractivity contribution >= 4 is 30.1 Å². The molecule has 0 N–H and O–H groups in total. The van der Waals surface area contributed by atoms with Crippen molar-refractivity contribution in [3.8, 4) is 17.2 Å². The average molecular weight is 487 g/mol. The summed E-state index contributed by atoms with van der Waals surface area (Å²) in [6, 6.07) is 12.2. The van der Waals surface area contributed by atoms with Crippen molar-refractivity contribution in [2.24, 2.45) is 0 Å². The third kappa shape index (κ3) is 10.6. The molecule has 0 aliphatic heterocycles. The van der Waals surface area contributed by atoms with E-state index in [0.717, 1.165) is 5.56 Å². The second kappa shape index (κ2) is 15.0. The molecular weight excluding hydrogens is 456 g/mol. The highest BCUT2D eigenvalue weighted by atomic mass is 16.6. The van der Waals surface area contributed by atoms with Gasteiger partial charge in [-0.05, 0) is 56.2 Å². The van der Waals surface area contributed by atoms with Crippen molar-refractivity contribution in [3.63, 3.8) is 0 Å². The number of ether oxygens (including phenoxy) is 6. The van der Waals surface area contributed by atoms with Gasteiger partial charge in [-0.1, -0.05) is 24.3 Å². The van der Waals surface area contributed by atoms with Crippen LogP contribution < -0.4 is 14.2 Å². The van der Waals surface area contributed by atoms with Gasteiger partial charge < -0.3 is 28.4 Å². The zero-order valence-electron chi connectivity index (χ0n) is 20.1. The van der Waals surface area contributed by atoms with Crippen molar-refractivity contribution in [3.05, 3.63) is 53.6 Å². The van der Waals surface area contributed by atoms with E-state index in [2.05, 4.69) is 0 Å². The third-order valence-corrected chi connectivity index (χ3v) is 4.24. The molecule has 0 saturated carbocycles. The van der Waals surface area contributed by atoms with Gasteiger partial charge in [0.1, 0.15) is 17.2 Å². The molecule has 2 rings (SSSR count). The molecule has 0 spiro atoms. The zero-order chi connectivity index (χ0) is 25.5. The molecule has 0 heterocycles. The molecule has 0 aromatic heterocycles. The van der Waals surface area contributed by atoms with E-state index in [1.807, 2.05) is 24.3 Å². The number of benzene rings is 2. The highest BCUT2D eigenvalue weighted by Gasteiger charge is 2.09. The summed E-state index contributed by atoms with van der Waals surface area (Å²) in [6.07, 6.45) is 3.68. The Bertz CT molecular complexity index is 956. The number of carbonyl (C=O) groups excluding carboxylic acids is 3. The van der Waals surface area contributed by atoms with Crippen LogP contribution in [0.2, 0.25) is 0 Å². The molecule has 0 unspecified atom stereocenters. The Morgan fingerprint density at radius 1 is 0.571 bits per heavy atom. The van der Waals surface area contributed by atoms with Crippen LogP contribution in [0, 0.1) is 0 Å². The maximum atomic E-state index is 11.6. The molecule has 0 amide bonds. The lowest BCUT2D eigenvalue weighted by molar-refractivity contribution is -0.146. The van der Waals surface area contributed by atoms with Crippen LogP contribution in [0.15, 0.2) is 42.5 Å². The quantitative estimate of drug-likeness (QED) is 0.224. The molecule has 2 aromatic carbocycles. The maximum absolute atomic E-state index is 11.6. The fraction of sp³-hybridized carbons (Fsp3) is 0.346. The van der Waals surface area contributed by atoms with Crippen molar-refractivity contribution in [2.45, 2.75) is 20.8 Å². The van der Waals surface area contributed by atoms with Gasteiger partial charge in [0.05, 0.1) is 19.8 Å². The monoisotopic (exact) mass is 486 g/mol. The molecule has 0 radical (unpaired) electrons. The molecule has 0 bridgehead atoms. The standard InChI is InChI=1S/C26H30O9/c1-4-30-24(27)16-33-21-11-9-19(10-12-21)7-8-20-13-22(34-17-25(28)31-5-2)15-23(14-20)35-18-26(29)32-6-3/h7-15H,4-6,16-18H2,1-3H3/b8-7+. The maximum Gasteiger partial charge on any atom is 0.344 e. The number of esters is 3. The normalized spacial score (nSPS) is 10.5. The molecule has 188 valence electrons. The van der Waals surface area contributed by atoms with Crippen LogP contribution in [0.4, 0.5) is 0 Å². The number of carbonyl (C=O) groups is 3. The van der Waals surface area contributed by atoms with E-state index < -0.39 is 17.9 Å². The van der Waals surface area contributed by atoms with Crippen molar-refractivity contribution in [1.82, 2.24) is 0 Å². The van der Waals surface area contributed by atoms with E-state index in [-0.39, 0.29) is 33.0 Å². The molecule has 35 heavy (non-hydrogen) atoms. The van der Waals surface area contributed by atoms with E-state index in [1.54, 1.807) is 51.1 Å². The lowest BCUT2D eigenvalue weighted by atomic mass is 10.1. The molecule has 9 nitrogen and oxygen atoms in total. The summed E-state index contributed by atoms with van der Waals surface area (Å²) >= 11 is 0. The van der Waals surface area contributed by atoms with Gasteiger partial charge >= 0.3 is 17.9 Å². The summed E-state index contributed by atoms with van der Waals surface area (Å²) in [6.45, 7) is 5.30. The van der Waals surface area contributed by atoms with Crippen molar-refractivity contribution < 1.29 is 42.8 Å². The van der Waals surface area contributed by atoms with Gasteiger partial charge in [0.15, 0.2) is 19.8 Å². The highest BCUT2D eigenvalue weighted by molar-refractivity contribution is 5.74. The highest BCUT2D eigenvalue weighted by Crippen LogP contribution is 2.25. The Morgan fingerprint density at radius 3 is 1.40 bits per heavy atom. The van der Waals surface area contributed by atoms with Crippen LogP contribution in [0.5, 0.6) is 17.2 Å². The molecule has 0 aliphatic carbocycles. The summed E-state index contributed by atoms with van der Waals surface area (Å²) < 4.78 is 31.0. The Hall–Kier alpha value is -4.01. The van der Waals surface area contributed by atoms with Gasteiger partial charge in [-0.3, -0.25) is 0 Å². The smallest absolute Gasteiger partial charge is 0.344 e. The number of hydrogen-bond donors (Lipinski definition) is 0. The molecule has 0 saturated heterocycles. The molecule has 0 atom stereocenters. The zero-order valence-corrected chi connectivity index (χ0v) is 20.1. The van der Waals surface area contributed by atoms with Gasteiger partial charge in [-0.25, -0.2) is 14.4 Å². The third-order valence-electron chi connectivity index (χ3n) is 4.24. The van der Waals surface area contributed by atoms with Gasteiger partial charge in [0, 0.05) is 6.07 Å². The molecular formula is C26H30O9. The first kappa shape index (κ1) is 27.2. The van der Waals surface area contributed by atoms with E-state index in [1.165, 1.54) is 0 Å². The van der Waals surface area contributed by atoms with Crippen LogP contribution in [0.25, 0.3) is 12.2 Å². The lowest BCUT2D eigenvalue weighted by Gasteiger charge is -2.11.